The molecule has 1 aliphatic heterocycles. The van der Waals surface area contributed by atoms with Crippen molar-refractivity contribution in [1.29, 1.82) is 0 Å². The Morgan fingerprint density at radius 1 is 0.939 bits per heavy atom. The van der Waals surface area contributed by atoms with Crippen LogP contribution in [0.1, 0.15) is 43.0 Å². The fraction of sp³-hybridized carbons (Fsp3) is 0.423. The topological polar surface area (TPSA) is 89.9 Å². The van der Waals surface area contributed by atoms with Crippen LogP contribution in [0.4, 0.5) is 5.69 Å². The maximum Gasteiger partial charge on any atom is 0.253 e. The van der Waals surface area contributed by atoms with Crippen molar-refractivity contribution in [1.82, 2.24) is 9.80 Å². The third kappa shape index (κ3) is 6.42. The van der Waals surface area contributed by atoms with E-state index in [2.05, 4.69) is 5.32 Å². The predicted octanol–water partition coefficient (Wildman–Crippen LogP) is 3.15. The maximum atomic E-state index is 12.6. The first-order valence-electron chi connectivity index (χ1n) is 11.6. The van der Waals surface area contributed by atoms with Gasteiger partial charge < -0.3 is 20.2 Å². The molecule has 2 aromatic carbocycles. The lowest BCUT2D eigenvalue weighted by Gasteiger charge is -2.32. The number of benzene rings is 2. The smallest absolute Gasteiger partial charge is 0.253 e. The Morgan fingerprint density at radius 2 is 1.45 bits per heavy atom. The van der Waals surface area contributed by atoms with Gasteiger partial charge in [-0.3, -0.25) is 14.4 Å². The minimum absolute atomic E-state index is 0.00441. The first kappa shape index (κ1) is 23.0. The van der Waals surface area contributed by atoms with Crippen LogP contribution >= 0.6 is 0 Å². The Balaban J connectivity index is 0.000000459. The molecule has 2 aromatic rings. The lowest BCUT2D eigenvalue weighted by Crippen LogP contribution is -2.48. The van der Waals surface area contributed by atoms with E-state index in [0.29, 0.717) is 31.7 Å². The highest BCUT2D eigenvalue weighted by Gasteiger charge is 2.33. The molecule has 2 N–H and O–H groups in total. The molecule has 0 radical (unpaired) electrons. The van der Waals surface area contributed by atoms with Crippen LogP contribution in [0.5, 0.6) is 0 Å². The molecule has 0 bridgehead atoms. The fourth-order valence-corrected chi connectivity index (χ4v) is 3.54. The van der Waals surface area contributed by atoms with E-state index in [1.165, 1.54) is 0 Å². The maximum absolute atomic E-state index is 12.6. The number of aliphatic hydroxyl groups is 1. The van der Waals surface area contributed by atoms with Crippen LogP contribution in [-0.2, 0) is 9.59 Å². The molecule has 3 amide bonds. The van der Waals surface area contributed by atoms with E-state index in [4.69, 9.17) is 5.11 Å². The highest BCUT2D eigenvalue weighted by atomic mass is 16.3. The van der Waals surface area contributed by atoms with Crippen molar-refractivity contribution in [3.63, 3.8) is 0 Å². The molecule has 33 heavy (non-hydrogen) atoms. The molecule has 0 aromatic heterocycles. The van der Waals surface area contributed by atoms with E-state index in [-0.39, 0.29) is 23.3 Å². The van der Waals surface area contributed by atoms with Crippen molar-refractivity contribution in [2.45, 2.75) is 38.2 Å². The molecular weight excluding hydrogens is 418 g/mol. The second kappa shape index (κ2) is 9.75. The number of carbonyl (C=O) groups excluding carboxylic acids is 3. The van der Waals surface area contributed by atoms with Crippen LogP contribution in [0.2, 0.25) is 0 Å². The van der Waals surface area contributed by atoms with E-state index >= 15 is 0 Å². The van der Waals surface area contributed by atoms with E-state index in [1.54, 1.807) is 9.80 Å². The van der Waals surface area contributed by atoms with Gasteiger partial charge in [-0.25, -0.2) is 0 Å². The number of piperazine rings is 1. The zero-order chi connectivity index (χ0) is 23.4. The third-order valence-corrected chi connectivity index (χ3v) is 6.29. The van der Waals surface area contributed by atoms with E-state index in [1.807, 2.05) is 55.5 Å². The molecule has 0 atom stereocenters. The highest BCUT2D eigenvalue weighted by molar-refractivity contribution is 5.95. The average Bonchev–Trinajstić information content (AvgIpc) is 3.78. The summed E-state index contributed by atoms with van der Waals surface area (Å²) in [6, 6.07) is 15.3. The van der Waals surface area contributed by atoms with Crippen molar-refractivity contribution in [3.8, 4) is 11.1 Å². The number of anilines is 1. The molecule has 3 aliphatic rings. The second-order valence-corrected chi connectivity index (χ2v) is 9.35. The molecule has 2 aliphatic carbocycles. The zero-order valence-corrected chi connectivity index (χ0v) is 19.0. The van der Waals surface area contributed by atoms with E-state index < -0.39 is 0 Å². The number of carbonyl (C=O) groups is 3. The van der Waals surface area contributed by atoms with Crippen LogP contribution in [0, 0.1) is 5.92 Å². The number of nitrogens with zero attached hydrogens (tertiary/aromatic N) is 2. The van der Waals surface area contributed by atoms with Gasteiger partial charge in [-0.05, 0) is 68.0 Å². The Hall–Kier alpha value is -3.19. The molecule has 0 spiro atoms. The summed E-state index contributed by atoms with van der Waals surface area (Å²) in [4.78, 5) is 38.7. The SMILES string of the molecule is CC1(O)CC1.O=CN1CCN(C(=O)c2ccc(-c3ccc(NC(=O)C4CC4)cc3)cc2)CC1. The Bertz CT molecular complexity index is 983. The lowest BCUT2D eigenvalue weighted by atomic mass is 10.0. The number of rotatable bonds is 5. The summed E-state index contributed by atoms with van der Waals surface area (Å²) >= 11 is 0. The fourth-order valence-electron chi connectivity index (χ4n) is 3.54. The van der Waals surface area contributed by atoms with Crippen molar-refractivity contribution in [2.75, 3.05) is 31.5 Å². The molecule has 1 heterocycles. The van der Waals surface area contributed by atoms with Gasteiger partial charge in [0.2, 0.25) is 12.3 Å². The van der Waals surface area contributed by atoms with Crippen molar-refractivity contribution < 1.29 is 19.5 Å². The Labute approximate surface area is 194 Å². The van der Waals surface area contributed by atoms with Crippen LogP contribution in [0.3, 0.4) is 0 Å². The monoisotopic (exact) mass is 449 g/mol. The number of nitrogens with one attached hydrogen (secondary N) is 1. The van der Waals surface area contributed by atoms with Crippen LogP contribution in [-0.4, -0.2) is 64.9 Å². The molecule has 7 heteroatoms. The Kier molecular flexibility index (Phi) is 6.79. The molecule has 5 rings (SSSR count). The standard InChI is InChI=1S/C22H23N3O3.C4H8O/c26-15-24-11-13-25(14-12-24)22(28)19-5-1-16(2-6-19)17-7-9-20(10-8-17)23-21(27)18-3-4-18;1-4(5)2-3-4/h1-2,5-10,15,18H,3-4,11-14H2,(H,23,27);5H,2-3H2,1H3. The van der Waals surface area contributed by atoms with Crippen LogP contribution in [0.15, 0.2) is 48.5 Å². The first-order chi connectivity index (χ1) is 15.8. The third-order valence-electron chi connectivity index (χ3n) is 6.29. The van der Waals surface area contributed by atoms with Gasteiger partial charge in [-0.2, -0.15) is 0 Å². The van der Waals surface area contributed by atoms with Crippen molar-refractivity contribution in [3.05, 3.63) is 54.1 Å². The van der Waals surface area contributed by atoms with Gasteiger partial charge >= 0.3 is 0 Å². The summed E-state index contributed by atoms with van der Waals surface area (Å²) in [5.74, 6) is 0.283. The van der Waals surface area contributed by atoms with Gasteiger partial charge in [0.1, 0.15) is 0 Å². The van der Waals surface area contributed by atoms with Gasteiger partial charge in [0, 0.05) is 43.3 Å². The normalized spacial score (nSPS) is 18.6. The quantitative estimate of drug-likeness (QED) is 0.687. The summed E-state index contributed by atoms with van der Waals surface area (Å²) in [7, 11) is 0. The summed E-state index contributed by atoms with van der Waals surface area (Å²) < 4.78 is 0. The largest absolute Gasteiger partial charge is 0.390 e. The van der Waals surface area contributed by atoms with Gasteiger partial charge in [0.15, 0.2) is 0 Å². The average molecular weight is 450 g/mol. The second-order valence-electron chi connectivity index (χ2n) is 9.35. The van der Waals surface area contributed by atoms with Crippen molar-refractivity contribution in [2.24, 2.45) is 5.92 Å². The molecule has 0 unspecified atom stereocenters. The lowest BCUT2D eigenvalue weighted by molar-refractivity contribution is -0.119. The molecule has 1 saturated heterocycles. The zero-order valence-electron chi connectivity index (χ0n) is 19.0. The van der Waals surface area contributed by atoms with Gasteiger partial charge in [-0.1, -0.05) is 24.3 Å². The summed E-state index contributed by atoms with van der Waals surface area (Å²) in [5, 5.41) is 11.6. The highest BCUT2D eigenvalue weighted by Crippen LogP contribution is 2.33. The minimum atomic E-state index is -0.250. The molecule has 174 valence electrons. The van der Waals surface area contributed by atoms with E-state index in [0.717, 1.165) is 48.9 Å². The minimum Gasteiger partial charge on any atom is -0.390 e. The summed E-state index contributed by atoms with van der Waals surface area (Å²) in [6.45, 7) is 4.14. The molecule has 3 fully saturated rings. The van der Waals surface area contributed by atoms with Crippen LogP contribution < -0.4 is 5.32 Å². The Morgan fingerprint density at radius 3 is 1.91 bits per heavy atom. The van der Waals surface area contributed by atoms with Gasteiger partial charge in [0.05, 0.1) is 5.60 Å². The number of hydrogen-bond acceptors (Lipinski definition) is 4. The summed E-state index contributed by atoms with van der Waals surface area (Å²) in [5.41, 5.74) is 3.25. The molecule has 2 saturated carbocycles. The van der Waals surface area contributed by atoms with Gasteiger partial charge in [0.25, 0.3) is 5.91 Å². The number of hydrogen-bond donors (Lipinski definition) is 2. The molecule has 7 nitrogen and oxygen atoms in total. The van der Waals surface area contributed by atoms with Crippen LogP contribution in [0.25, 0.3) is 11.1 Å². The number of amides is 3. The first-order valence-corrected chi connectivity index (χ1v) is 11.6. The van der Waals surface area contributed by atoms with E-state index in [9.17, 15) is 14.4 Å². The summed E-state index contributed by atoms with van der Waals surface area (Å²) in [6.07, 6.45) is 4.82. The van der Waals surface area contributed by atoms with Crippen molar-refractivity contribution >= 4 is 23.9 Å². The van der Waals surface area contributed by atoms with Gasteiger partial charge in [-0.15, -0.1) is 0 Å². The molecular formula is C26H31N3O4. The predicted molar refractivity (Wildman–Crippen MR) is 127 cm³/mol.